The van der Waals surface area contributed by atoms with Gasteiger partial charge in [-0.2, -0.15) is 26.9 Å². The summed E-state index contributed by atoms with van der Waals surface area (Å²) in [6.45, 7) is 1.63. The minimum Gasteiger partial charge on any atom is -0.471 e. The predicted octanol–water partition coefficient (Wildman–Crippen LogP) is 3.04. The van der Waals surface area contributed by atoms with Crippen LogP contribution in [0.25, 0.3) is 0 Å². The van der Waals surface area contributed by atoms with Gasteiger partial charge in [-0.25, -0.2) is 13.4 Å². The van der Waals surface area contributed by atoms with Gasteiger partial charge in [0.05, 0.1) is 22.7 Å². The second kappa shape index (κ2) is 7.63. The monoisotopic (exact) mass is 419 g/mol. The highest BCUT2D eigenvalue weighted by molar-refractivity contribution is 7.89. The first-order chi connectivity index (χ1) is 13.1. The van der Waals surface area contributed by atoms with Crippen LogP contribution >= 0.6 is 0 Å². The average molecular weight is 419 g/mol. The van der Waals surface area contributed by atoms with Crippen molar-refractivity contribution in [2.24, 2.45) is 0 Å². The maximum Gasteiger partial charge on any atom is 0.416 e. The molecule has 2 heterocycles. The van der Waals surface area contributed by atoms with E-state index >= 15 is 0 Å². The molecule has 0 N–H and O–H groups in total. The van der Waals surface area contributed by atoms with Gasteiger partial charge in [-0.1, -0.05) is 13.0 Å². The Morgan fingerprint density at radius 1 is 1.29 bits per heavy atom. The number of rotatable bonds is 5. The number of nitrogens with zero attached hydrogens (tertiary/aromatic N) is 3. The molecule has 152 valence electrons. The second-order valence-electron chi connectivity index (χ2n) is 6.21. The third kappa shape index (κ3) is 4.09. The Bertz CT molecular complexity index is 966. The van der Waals surface area contributed by atoms with Crippen molar-refractivity contribution in [3.63, 3.8) is 0 Å². The molecule has 1 saturated heterocycles. The van der Waals surface area contributed by atoms with E-state index in [0.717, 1.165) is 28.8 Å². The summed E-state index contributed by atoms with van der Waals surface area (Å²) < 4.78 is 84.6. The van der Waals surface area contributed by atoms with Crippen LogP contribution < -0.4 is 4.74 Å². The zero-order valence-electron chi connectivity index (χ0n) is 14.8. The molecule has 0 radical (unpaired) electrons. The third-order valence-corrected chi connectivity index (χ3v) is 6.21. The first-order valence-electron chi connectivity index (χ1n) is 8.46. The van der Waals surface area contributed by atoms with Crippen LogP contribution in [0.1, 0.15) is 24.6 Å². The lowest BCUT2D eigenvalue weighted by Crippen LogP contribution is -2.31. The molecule has 0 amide bonds. The molecular formula is C17H17F4N3O3S. The van der Waals surface area contributed by atoms with Gasteiger partial charge in [0.2, 0.25) is 15.8 Å². The molecule has 1 fully saturated rings. The van der Waals surface area contributed by atoms with Crippen LogP contribution in [0.3, 0.4) is 0 Å². The quantitative estimate of drug-likeness (QED) is 0.697. The largest absolute Gasteiger partial charge is 0.471 e. The fraction of sp³-hybridized carbons (Fsp3) is 0.412. The fourth-order valence-electron chi connectivity index (χ4n) is 2.87. The highest BCUT2D eigenvalue weighted by Crippen LogP contribution is 2.32. The van der Waals surface area contributed by atoms with Gasteiger partial charge in [-0.15, -0.1) is 0 Å². The molecule has 11 heteroatoms. The van der Waals surface area contributed by atoms with E-state index in [0.29, 0.717) is 12.5 Å². The second-order valence-corrected chi connectivity index (χ2v) is 8.15. The van der Waals surface area contributed by atoms with Crippen molar-refractivity contribution in [1.82, 2.24) is 14.3 Å². The van der Waals surface area contributed by atoms with Crippen LogP contribution in [0.15, 0.2) is 35.5 Å². The molecule has 1 aliphatic heterocycles. The standard InChI is InChI=1S/C17H17F4N3O3S/c1-2-14-15(18)16(23-10-22-14)27-12-6-7-24(9-12)28(25,26)13-5-3-4-11(8-13)17(19,20)21/h3-5,8,10,12H,2,6-7,9H2,1H3/t12-/m0/s1. The average Bonchev–Trinajstić information content (AvgIpc) is 3.12. The Hall–Kier alpha value is -2.27. The van der Waals surface area contributed by atoms with Crippen molar-refractivity contribution in [3.05, 3.63) is 47.7 Å². The molecule has 0 unspecified atom stereocenters. The van der Waals surface area contributed by atoms with E-state index in [-0.39, 0.29) is 31.1 Å². The minimum absolute atomic E-state index is 0.0383. The molecule has 1 aromatic carbocycles. The molecule has 2 aromatic rings. The van der Waals surface area contributed by atoms with Crippen LogP contribution in [0.5, 0.6) is 5.88 Å². The number of hydrogen-bond acceptors (Lipinski definition) is 5. The Morgan fingerprint density at radius 2 is 2.04 bits per heavy atom. The summed E-state index contributed by atoms with van der Waals surface area (Å²) in [5.41, 5.74) is -0.868. The molecule has 0 aliphatic carbocycles. The highest BCUT2D eigenvalue weighted by atomic mass is 32.2. The van der Waals surface area contributed by atoms with Crippen LogP contribution in [-0.4, -0.2) is 41.9 Å². The van der Waals surface area contributed by atoms with Gasteiger partial charge in [-0.05, 0) is 31.0 Å². The minimum atomic E-state index is -4.65. The van der Waals surface area contributed by atoms with Gasteiger partial charge in [0.15, 0.2) is 0 Å². The lowest BCUT2D eigenvalue weighted by Gasteiger charge is -2.18. The summed E-state index contributed by atoms with van der Waals surface area (Å²) in [4.78, 5) is 7.07. The summed E-state index contributed by atoms with van der Waals surface area (Å²) in [5, 5.41) is 0. The molecule has 1 atom stereocenters. The maximum absolute atomic E-state index is 14.2. The molecule has 0 saturated carbocycles. The summed E-state index contributed by atoms with van der Waals surface area (Å²) in [5.74, 6) is -0.973. The number of halogens is 4. The van der Waals surface area contributed by atoms with Crippen molar-refractivity contribution in [2.75, 3.05) is 13.1 Å². The van der Waals surface area contributed by atoms with Crippen molar-refractivity contribution in [3.8, 4) is 5.88 Å². The molecule has 0 bridgehead atoms. The van der Waals surface area contributed by atoms with Crippen molar-refractivity contribution >= 4 is 10.0 Å². The maximum atomic E-state index is 14.2. The molecule has 28 heavy (non-hydrogen) atoms. The Kier molecular flexibility index (Phi) is 5.57. The van der Waals surface area contributed by atoms with Crippen LogP contribution in [0, 0.1) is 5.82 Å². The number of ether oxygens (including phenoxy) is 1. The van der Waals surface area contributed by atoms with E-state index in [1.165, 1.54) is 0 Å². The van der Waals surface area contributed by atoms with E-state index < -0.39 is 38.6 Å². The first-order valence-corrected chi connectivity index (χ1v) is 9.90. The Morgan fingerprint density at radius 3 is 2.71 bits per heavy atom. The van der Waals surface area contributed by atoms with Gasteiger partial charge >= 0.3 is 6.18 Å². The fourth-order valence-corrected chi connectivity index (χ4v) is 4.40. The number of hydrogen-bond donors (Lipinski definition) is 0. The van der Waals surface area contributed by atoms with Gasteiger partial charge in [-0.3, -0.25) is 0 Å². The zero-order chi connectivity index (χ0) is 20.5. The highest BCUT2D eigenvalue weighted by Gasteiger charge is 2.36. The zero-order valence-corrected chi connectivity index (χ0v) is 15.6. The van der Waals surface area contributed by atoms with Crippen LogP contribution in [-0.2, 0) is 22.6 Å². The van der Waals surface area contributed by atoms with E-state index in [1.807, 2.05) is 0 Å². The van der Waals surface area contributed by atoms with Gasteiger partial charge in [0.1, 0.15) is 12.4 Å². The lowest BCUT2D eigenvalue weighted by atomic mass is 10.2. The van der Waals surface area contributed by atoms with E-state index in [2.05, 4.69) is 9.97 Å². The van der Waals surface area contributed by atoms with Crippen LogP contribution in [0.2, 0.25) is 0 Å². The Balaban J connectivity index is 1.76. The van der Waals surface area contributed by atoms with E-state index in [4.69, 9.17) is 4.74 Å². The summed E-state index contributed by atoms with van der Waals surface area (Å²) in [6.07, 6.45) is -3.57. The number of aromatic nitrogens is 2. The lowest BCUT2D eigenvalue weighted by molar-refractivity contribution is -0.137. The molecule has 1 aliphatic rings. The summed E-state index contributed by atoms with van der Waals surface area (Å²) in [6, 6.07) is 3.55. The first kappa shape index (κ1) is 20.5. The van der Waals surface area contributed by atoms with Crippen molar-refractivity contribution < 1.29 is 30.7 Å². The molecule has 3 rings (SSSR count). The number of aryl methyl sites for hydroxylation is 1. The molecule has 6 nitrogen and oxygen atoms in total. The SMILES string of the molecule is CCc1ncnc(O[C@H]2CCN(S(=O)(=O)c3cccc(C(F)(F)F)c3)C2)c1F. The van der Waals surface area contributed by atoms with Gasteiger partial charge in [0, 0.05) is 6.54 Å². The number of sulfonamides is 1. The number of benzene rings is 1. The smallest absolute Gasteiger partial charge is 0.416 e. The van der Waals surface area contributed by atoms with E-state index in [1.54, 1.807) is 6.92 Å². The summed E-state index contributed by atoms with van der Waals surface area (Å²) in [7, 11) is -4.14. The van der Waals surface area contributed by atoms with Gasteiger partial charge < -0.3 is 4.74 Å². The van der Waals surface area contributed by atoms with Crippen molar-refractivity contribution in [1.29, 1.82) is 0 Å². The number of alkyl halides is 3. The molecule has 1 aromatic heterocycles. The molecular weight excluding hydrogens is 402 g/mol. The third-order valence-electron chi connectivity index (χ3n) is 4.35. The summed E-state index contributed by atoms with van der Waals surface area (Å²) >= 11 is 0. The van der Waals surface area contributed by atoms with E-state index in [9.17, 15) is 26.0 Å². The predicted molar refractivity (Wildman–Crippen MR) is 90.6 cm³/mol. The normalized spacial score (nSPS) is 18.4. The van der Waals surface area contributed by atoms with Gasteiger partial charge in [0.25, 0.3) is 5.88 Å². The topological polar surface area (TPSA) is 72.4 Å². The van der Waals surface area contributed by atoms with Crippen molar-refractivity contribution in [2.45, 2.75) is 36.9 Å². The van der Waals surface area contributed by atoms with Crippen LogP contribution in [0.4, 0.5) is 17.6 Å². The Labute approximate surface area is 159 Å². The molecule has 0 spiro atoms.